The van der Waals surface area contributed by atoms with Crippen LogP contribution in [0.5, 0.6) is 0 Å². The Labute approximate surface area is 155 Å². The highest BCUT2D eigenvalue weighted by Gasteiger charge is 2.26. The molecule has 1 aliphatic carbocycles. The van der Waals surface area contributed by atoms with Crippen molar-refractivity contribution >= 4 is 22.2 Å². The second-order valence-corrected chi connectivity index (χ2v) is 8.17. The molecule has 0 N–H and O–H groups in total. The van der Waals surface area contributed by atoms with E-state index in [2.05, 4.69) is 63.2 Å². The maximum atomic E-state index is 5.13. The highest BCUT2D eigenvalue weighted by Crippen LogP contribution is 2.45. The maximum Gasteiger partial charge on any atom is 0.0789 e. The van der Waals surface area contributed by atoms with E-state index < -0.39 is 0 Å². The van der Waals surface area contributed by atoms with E-state index >= 15 is 0 Å². The third-order valence-corrected chi connectivity index (χ3v) is 6.16. The molecule has 0 amide bonds. The van der Waals surface area contributed by atoms with Crippen LogP contribution in [0.1, 0.15) is 65.0 Å². The number of benzene rings is 3. The van der Waals surface area contributed by atoms with Crippen molar-refractivity contribution in [2.75, 3.05) is 0 Å². The summed E-state index contributed by atoms with van der Waals surface area (Å²) in [4.78, 5) is 5.13. The van der Waals surface area contributed by atoms with E-state index in [1.165, 1.54) is 70.0 Å². The van der Waals surface area contributed by atoms with E-state index in [-0.39, 0.29) is 0 Å². The summed E-state index contributed by atoms with van der Waals surface area (Å²) in [6, 6.07) is 16.1. The number of aliphatic imine (C=N–C) groups is 1. The average Bonchev–Trinajstić information content (AvgIpc) is 3.26. The van der Waals surface area contributed by atoms with Crippen molar-refractivity contribution in [1.82, 2.24) is 0 Å². The number of hydrogen-bond acceptors (Lipinski definition) is 1. The smallest absolute Gasteiger partial charge is 0.0789 e. The van der Waals surface area contributed by atoms with E-state index in [9.17, 15) is 0 Å². The van der Waals surface area contributed by atoms with E-state index in [1.54, 1.807) is 5.56 Å². The predicted molar refractivity (Wildman–Crippen MR) is 111 cm³/mol. The summed E-state index contributed by atoms with van der Waals surface area (Å²) in [5.74, 6) is 0.727. The van der Waals surface area contributed by atoms with Gasteiger partial charge in [0.05, 0.1) is 11.4 Å². The van der Waals surface area contributed by atoms with Crippen LogP contribution in [0, 0.1) is 20.8 Å². The minimum atomic E-state index is 0.727. The molecule has 3 aromatic rings. The number of hydrogen-bond donors (Lipinski definition) is 0. The molecule has 1 fully saturated rings. The molecule has 3 aromatic carbocycles. The summed E-state index contributed by atoms with van der Waals surface area (Å²) in [5, 5.41) is 2.81. The maximum absolute atomic E-state index is 5.13. The first kappa shape index (κ1) is 15.8. The minimum absolute atomic E-state index is 0.727. The molecule has 0 saturated heterocycles. The second-order valence-electron chi connectivity index (χ2n) is 8.17. The largest absolute Gasteiger partial charge is 0.247 e. The van der Waals surface area contributed by atoms with Gasteiger partial charge in [0.15, 0.2) is 0 Å². The normalized spacial score (nSPS) is 16.5. The fourth-order valence-electron chi connectivity index (χ4n) is 4.99. The Morgan fingerprint density at radius 1 is 0.846 bits per heavy atom. The molecule has 1 nitrogen and oxygen atoms in total. The fraction of sp³-hybridized carbons (Fsp3) is 0.320. The first-order valence-corrected chi connectivity index (χ1v) is 9.86. The van der Waals surface area contributed by atoms with Crippen molar-refractivity contribution in [1.29, 1.82) is 0 Å². The van der Waals surface area contributed by atoms with Gasteiger partial charge < -0.3 is 0 Å². The predicted octanol–water partition coefficient (Wildman–Crippen LogP) is 6.91. The van der Waals surface area contributed by atoms with Gasteiger partial charge in [-0.05, 0) is 68.2 Å². The summed E-state index contributed by atoms with van der Waals surface area (Å²) in [6.45, 7) is 6.53. The molecule has 2 aliphatic rings. The Morgan fingerprint density at radius 2 is 1.58 bits per heavy atom. The van der Waals surface area contributed by atoms with Crippen molar-refractivity contribution < 1.29 is 0 Å². The van der Waals surface area contributed by atoms with Gasteiger partial charge in [0.25, 0.3) is 0 Å². The van der Waals surface area contributed by atoms with E-state index in [1.807, 2.05) is 0 Å². The van der Waals surface area contributed by atoms with Gasteiger partial charge in [-0.25, -0.2) is 4.99 Å². The Kier molecular flexibility index (Phi) is 3.53. The van der Waals surface area contributed by atoms with Crippen LogP contribution in [-0.4, -0.2) is 5.71 Å². The quantitative estimate of drug-likeness (QED) is 0.376. The van der Waals surface area contributed by atoms with Crippen molar-refractivity contribution in [2.24, 2.45) is 4.99 Å². The summed E-state index contributed by atoms with van der Waals surface area (Å²) in [7, 11) is 0. The second kappa shape index (κ2) is 5.81. The molecule has 1 heteroatoms. The van der Waals surface area contributed by atoms with Crippen LogP contribution in [0.2, 0.25) is 0 Å². The van der Waals surface area contributed by atoms with Gasteiger partial charge in [-0.1, -0.05) is 54.3 Å². The van der Waals surface area contributed by atoms with Gasteiger partial charge >= 0.3 is 0 Å². The summed E-state index contributed by atoms with van der Waals surface area (Å²) < 4.78 is 0. The van der Waals surface area contributed by atoms with Crippen molar-refractivity contribution in [2.45, 2.75) is 52.4 Å². The van der Waals surface area contributed by atoms with Gasteiger partial charge in [0.1, 0.15) is 0 Å². The SMILES string of the molecule is Cc1cc(C)cc(C2=Nc3c(C)ccc4c(C5CCCC5)ccc2c34)c1. The molecule has 0 atom stereocenters. The molecule has 130 valence electrons. The molecule has 5 rings (SSSR count). The zero-order valence-corrected chi connectivity index (χ0v) is 15.9. The molecular weight excluding hydrogens is 314 g/mol. The monoisotopic (exact) mass is 339 g/mol. The summed E-state index contributed by atoms with van der Waals surface area (Å²) >= 11 is 0. The zero-order chi connectivity index (χ0) is 17.8. The molecule has 0 aromatic heterocycles. The molecule has 26 heavy (non-hydrogen) atoms. The van der Waals surface area contributed by atoms with E-state index in [0.717, 1.165) is 11.6 Å². The van der Waals surface area contributed by atoms with Crippen LogP contribution in [0.3, 0.4) is 0 Å². The van der Waals surface area contributed by atoms with Gasteiger partial charge in [0.2, 0.25) is 0 Å². The molecule has 0 radical (unpaired) electrons. The molecule has 1 saturated carbocycles. The third kappa shape index (κ3) is 2.34. The van der Waals surface area contributed by atoms with Gasteiger partial charge in [-0.15, -0.1) is 0 Å². The Balaban J connectivity index is 1.75. The number of aryl methyl sites for hydroxylation is 3. The van der Waals surface area contributed by atoms with Crippen molar-refractivity contribution in [3.8, 4) is 0 Å². The van der Waals surface area contributed by atoms with Crippen LogP contribution in [0.4, 0.5) is 5.69 Å². The lowest BCUT2D eigenvalue weighted by atomic mass is 9.88. The van der Waals surface area contributed by atoms with Crippen LogP contribution >= 0.6 is 0 Å². The van der Waals surface area contributed by atoms with Crippen LogP contribution < -0.4 is 0 Å². The third-order valence-electron chi connectivity index (χ3n) is 6.16. The average molecular weight is 339 g/mol. The lowest BCUT2D eigenvalue weighted by Crippen LogP contribution is -2.03. The van der Waals surface area contributed by atoms with E-state index in [0.29, 0.717) is 0 Å². The molecular formula is C25H25N. The fourth-order valence-corrected chi connectivity index (χ4v) is 4.99. The first-order valence-electron chi connectivity index (χ1n) is 9.86. The summed E-state index contributed by atoms with van der Waals surface area (Å²) in [6.07, 6.45) is 5.42. The van der Waals surface area contributed by atoms with Crippen molar-refractivity contribution in [3.63, 3.8) is 0 Å². The summed E-state index contributed by atoms with van der Waals surface area (Å²) in [5.41, 5.74) is 10.3. The number of rotatable bonds is 2. The Hall–Kier alpha value is -2.41. The lowest BCUT2D eigenvalue weighted by molar-refractivity contribution is 0.729. The zero-order valence-electron chi connectivity index (χ0n) is 15.9. The molecule has 0 unspecified atom stereocenters. The van der Waals surface area contributed by atoms with Crippen molar-refractivity contribution in [3.05, 3.63) is 75.8 Å². The van der Waals surface area contributed by atoms with Gasteiger partial charge in [-0.3, -0.25) is 0 Å². The topological polar surface area (TPSA) is 12.4 Å². The minimum Gasteiger partial charge on any atom is -0.247 e. The highest BCUT2D eigenvalue weighted by molar-refractivity contribution is 6.27. The van der Waals surface area contributed by atoms with Crippen LogP contribution in [-0.2, 0) is 0 Å². The highest BCUT2D eigenvalue weighted by atomic mass is 14.8. The van der Waals surface area contributed by atoms with Gasteiger partial charge in [-0.2, -0.15) is 0 Å². The molecule has 1 aliphatic heterocycles. The standard InChI is InChI=1S/C25H25N/c1-15-12-16(2)14-19(13-15)25-22-11-10-20(18-6-4-5-7-18)21-9-8-17(3)24(26-25)23(21)22/h8-14,18H,4-7H2,1-3H3. The molecule has 0 spiro atoms. The lowest BCUT2D eigenvalue weighted by Gasteiger charge is -2.15. The van der Waals surface area contributed by atoms with Crippen LogP contribution in [0.25, 0.3) is 10.8 Å². The number of nitrogens with zero attached hydrogens (tertiary/aromatic N) is 1. The van der Waals surface area contributed by atoms with Gasteiger partial charge in [0, 0.05) is 16.5 Å². The van der Waals surface area contributed by atoms with E-state index in [4.69, 9.17) is 4.99 Å². The Morgan fingerprint density at radius 3 is 2.31 bits per heavy atom. The Bertz CT molecular complexity index is 1040. The van der Waals surface area contributed by atoms with Crippen LogP contribution in [0.15, 0.2) is 47.5 Å². The first-order chi connectivity index (χ1) is 12.6. The molecule has 0 bridgehead atoms. The molecule has 1 heterocycles.